The molecule has 2 rings (SSSR count). The fourth-order valence-corrected chi connectivity index (χ4v) is 2.11. The molecule has 0 saturated carbocycles. The molecule has 1 aromatic heterocycles. The Morgan fingerprint density at radius 2 is 2.33 bits per heavy atom. The lowest BCUT2D eigenvalue weighted by molar-refractivity contribution is 0.139. The van der Waals surface area contributed by atoms with E-state index in [1.807, 2.05) is 4.57 Å². The SMILES string of the molecule is Brc1nnc2n1CCOCC2Br. The zero-order chi connectivity index (χ0) is 8.55. The molecule has 0 aliphatic carbocycles. The van der Waals surface area contributed by atoms with Crippen LogP contribution >= 0.6 is 31.9 Å². The van der Waals surface area contributed by atoms with E-state index < -0.39 is 0 Å². The summed E-state index contributed by atoms with van der Waals surface area (Å²) < 4.78 is 8.12. The number of fused-ring (bicyclic) bond motifs is 1. The molecular weight excluding hydrogens is 290 g/mol. The first-order valence-corrected chi connectivity index (χ1v) is 5.30. The van der Waals surface area contributed by atoms with Gasteiger partial charge >= 0.3 is 0 Å². The maximum Gasteiger partial charge on any atom is 0.200 e. The van der Waals surface area contributed by atoms with Crippen LogP contribution in [0, 0.1) is 0 Å². The Morgan fingerprint density at radius 1 is 1.50 bits per heavy atom. The zero-order valence-corrected chi connectivity index (χ0v) is 9.38. The molecule has 1 aliphatic rings. The summed E-state index contributed by atoms with van der Waals surface area (Å²) in [5, 5.41) is 7.97. The van der Waals surface area contributed by atoms with E-state index >= 15 is 0 Å². The van der Waals surface area contributed by atoms with Crippen LogP contribution in [0.3, 0.4) is 0 Å². The third-order valence-corrected chi connectivity index (χ3v) is 3.00. The second kappa shape index (κ2) is 3.43. The average Bonchev–Trinajstić information content (AvgIpc) is 2.30. The van der Waals surface area contributed by atoms with Crippen LogP contribution < -0.4 is 0 Å². The monoisotopic (exact) mass is 295 g/mol. The van der Waals surface area contributed by atoms with Crippen molar-refractivity contribution >= 4 is 31.9 Å². The van der Waals surface area contributed by atoms with Gasteiger partial charge in [-0.05, 0) is 15.9 Å². The van der Waals surface area contributed by atoms with E-state index in [1.54, 1.807) is 0 Å². The van der Waals surface area contributed by atoms with Gasteiger partial charge < -0.3 is 9.30 Å². The van der Waals surface area contributed by atoms with Gasteiger partial charge in [-0.15, -0.1) is 10.2 Å². The first-order valence-electron chi connectivity index (χ1n) is 3.59. The van der Waals surface area contributed by atoms with E-state index in [-0.39, 0.29) is 4.83 Å². The first-order chi connectivity index (χ1) is 5.79. The van der Waals surface area contributed by atoms with Crippen LogP contribution in [0.2, 0.25) is 0 Å². The van der Waals surface area contributed by atoms with Gasteiger partial charge in [0, 0.05) is 6.54 Å². The molecule has 12 heavy (non-hydrogen) atoms. The van der Waals surface area contributed by atoms with Crippen LogP contribution in [-0.2, 0) is 11.3 Å². The lowest BCUT2D eigenvalue weighted by Crippen LogP contribution is -2.04. The van der Waals surface area contributed by atoms with E-state index in [0.717, 1.165) is 17.1 Å². The van der Waals surface area contributed by atoms with Crippen molar-refractivity contribution in [2.24, 2.45) is 0 Å². The normalized spacial score (nSPS) is 23.3. The molecule has 0 fully saturated rings. The fourth-order valence-electron chi connectivity index (χ4n) is 1.15. The lowest BCUT2D eigenvalue weighted by atomic mass is 10.4. The van der Waals surface area contributed by atoms with Crippen LogP contribution in [0.4, 0.5) is 0 Å². The third-order valence-electron chi connectivity index (χ3n) is 1.74. The van der Waals surface area contributed by atoms with Crippen LogP contribution in [0.1, 0.15) is 10.7 Å². The second-order valence-corrected chi connectivity index (χ2v) is 4.34. The highest BCUT2D eigenvalue weighted by atomic mass is 79.9. The minimum atomic E-state index is 0.152. The number of hydrogen-bond donors (Lipinski definition) is 0. The van der Waals surface area contributed by atoms with Crippen molar-refractivity contribution in [1.29, 1.82) is 0 Å². The van der Waals surface area contributed by atoms with E-state index in [2.05, 4.69) is 42.1 Å². The smallest absolute Gasteiger partial charge is 0.200 e. The Hall–Kier alpha value is 0.0600. The van der Waals surface area contributed by atoms with Gasteiger partial charge in [0.05, 0.1) is 18.0 Å². The molecule has 1 aliphatic heterocycles. The highest BCUT2D eigenvalue weighted by molar-refractivity contribution is 9.10. The van der Waals surface area contributed by atoms with Crippen LogP contribution in [0.25, 0.3) is 0 Å². The summed E-state index contributed by atoms with van der Waals surface area (Å²) in [7, 11) is 0. The Balaban J connectivity index is 2.41. The summed E-state index contributed by atoms with van der Waals surface area (Å²) in [5.41, 5.74) is 0. The number of aromatic nitrogens is 3. The fraction of sp³-hybridized carbons (Fsp3) is 0.667. The molecule has 6 heteroatoms. The Kier molecular flexibility index (Phi) is 2.47. The Bertz CT molecular complexity index is 288. The van der Waals surface area contributed by atoms with E-state index in [9.17, 15) is 0 Å². The van der Waals surface area contributed by atoms with Crippen LogP contribution in [0.5, 0.6) is 0 Å². The molecule has 1 atom stereocenters. The number of halogens is 2. The molecule has 0 amide bonds. The quantitative estimate of drug-likeness (QED) is 0.681. The van der Waals surface area contributed by atoms with E-state index in [4.69, 9.17) is 4.74 Å². The number of nitrogens with zero attached hydrogens (tertiary/aromatic N) is 3. The molecule has 0 bridgehead atoms. The van der Waals surface area contributed by atoms with Gasteiger partial charge in [0.1, 0.15) is 5.82 Å². The third kappa shape index (κ3) is 1.43. The van der Waals surface area contributed by atoms with E-state index in [0.29, 0.717) is 13.2 Å². The molecule has 4 nitrogen and oxygen atoms in total. The number of ether oxygens (including phenoxy) is 1. The minimum Gasteiger partial charge on any atom is -0.378 e. The van der Waals surface area contributed by atoms with Gasteiger partial charge in [0.15, 0.2) is 4.73 Å². The van der Waals surface area contributed by atoms with Gasteiger partial charge in [-0.1, -0.05) is 15.9 Å². The lowest BCUT2D eigenvalue weighted by Gasteiger charge is -2.03. The topological polar surface area (TPSA) is 39.9 Å². The summed E-state index contributed by atoms with van der Waals surface area (Å²) in [6.07, 6.45) is 0. The summed E-state index contributed by atoms with van der Waals surface area (Å²) in [4.78, 5) is 0.152. The zero-order valence-electron chi connectivity index (χ0n) is 6.20. The highest BCUT2D eigenvalue weighted by Crippen LogP contribution is 2.25. The van der Waals surface area contributed by atoms with E-state index in [1.165, 1.54) is 0 Å². The molecule has 1 aromatic rings. The maximum atomic E-state index is 5.35. The molecule has 0 N–H and O–H groups in total. The van der Waals surface area contributed by atoms with Crippen molar-refractivity contribution in [3.8, 4) is 0 Å². The molecule has 0 spiro atoms. The number of hydrogen-bond acceptors (Lipinski definition) is 3. The van der Waals surface area contributed by atoms with Gasteiger partial charge in [-0.2, -0.15) is 0 Å². The summed E-state index contributed by atoms with van der Waals surface area (Å²) >= 11 is 6.81. The summed E-state index contributed by atoms with van der Waals surface area (Å²) in [5.74, 6) is 0.930. The summed E-state index contributed by atoms with van der Waals surface area (Å²) in [6, 6.07) is 0. The van der Waals surface area contributed by atoms with Crippen LogP contribution in [0.15, 0.2) is 4.73 Å². The largest absolute Gasteiger partial charge is 0.378 e. The molecule has 0 saturated heterocycles. The Labute approximate surface area is 86.6 Å². The van der Waals surface area contributed by atoms with Gasteiger partial charge in [-0.25, -0.2) is 0 Å². The van der Waals surface area contributed by atoms with Gasteiger partial charge in [0.2, 0.25) is 0 Å². The molecule has 2 heterocycles. The Morgan fingerprint density at radius 3 is 3.17 bits per heavy atom. The molecule has 0 aromatic carbocycles. The highest BCUT2D eigenvalue weighted by Gasteiger charge is 2.20. The number of rotatable bonds is 0. The standard InChI is InChI=1S/C6H7Br2N3O/c7-4-3-12-2-1-11-5(4)9-10-6(11)8/h4H,1-3H2. The van der Waals surface area contributed by atoms with Crippen molar-refractivity contribution in [1.82, 2.24) is 14.8 Å². The van der Waals surface area contributed by atoms with Gasteiger partial charge in [0.25, 0.3) is 0 Å². The predicted octanol–water partition coefficient (Wildman–Crippen LogP) is 1.51. The molecular formula is C6H7Br2N3O. The number of alkyl halides is 1. The molecule has 66 valence electrons. The second-order valence-electron chi connectivity index (χ2n) is 2.52. The maximum absolute atomic E-state index is 5.35. The van der Waals surface area contributed by atoms with Crippen LogP contribution in [-0.4, -0.2) is 28.0 Å². The average molecular weight is 297 g/mol. The molecule has 1 unspecified atom stereocenters. The van der Waals surface area contributed by atoms with Crippen molar-refractivity contribution in [3.63, 3.8) is 0 Å². The van der Waals surface area contributed by atoms with Crippen molar-refractivity contribution in [2.45, 2.75) is 11.4 Å². The van der Waals surface area contributed by atoms with Crippen molar-refractivity contribution in [2.75, 3.05) is 13.2 Å². The first kappa shape index (κ1) is 8.65. The van der Waals surface area contributed by atoms with Crippen molar-refractivity contribution in [3.05, 3.63) is 10.6 Å². The molecule has 0 radical (unpaired) electrons. The summed E-state index contributed by atoms with van der Waals surface area (Å²) in [6.45, 7) is 2.18. The van der Waals surface area contributed by atoms with Gasteiger partial charge in [-0.3, -0.25) is 0 Å². The van der Waals surface area contributed by atoms with Crippen molar-refractivity contribution < 1.29 is 4.74 Å². The minimum absolute atomic E-state index is 0.152. The predicted molar refractivity (Wildman–Crippen MR) is 50.2 cm³/mol.